The van der Waals surface area contributed by atoms with Crippen LogP contribution < -0.4 is 10.5 Å². The Kier molecular flexibility index (Phi) is 7.68. The summed E-state index contributed by atoms with van der Waals surface area (Å²) in [4.78, 5) is 12.4. The molecule has 3 rings (SSSR count). The summed E-state index contributed by atoms with van der Waals surface area (Å²) >= 11 is 1.08. The highest BCUT2D eigenvalue weighted by atomic mass is 32.2. The maximum Gasteiger partial charge on any atom is 0.238 e. The second-order valence-corrected chi connectivity index (χ2v) is 11.3. The maximum atomic E-state index is 12.7. The first-order valence-electron chi connectivity index (χ1n) is 9.46. The van der Waals surface area contributed by atoms with Crippen molar-refractivity contribution >= 4 is 43.2 Å². The summed E-state index contributed by atoms with van der Waals surface area (Å²) in [5, 5.41) is 16.1. The number of sulfone groups is 1. The summed E-state index contributed by atoms with van der Waals surface area (Å²) in [6, 6.07) is 13.5. The molecule has 0 spiro atoms. The smallest absolute Gasteiger partial charge is 0.238 e. The van der Waals surface area contributed by atoms with Crippen molar-refractivity contribution in [2.45, 2.75) is 27.2 Å². The molecule has 3 aromatic rings. The lowest BCUT2D eigenvalue weighted by Gasteiger charge is -2.09. The number of amides is 1. The van der Waals surface area contributed by atoms with Gasteiger partial charge in [-0.3, -0.25) is 4.79 Å². The molecule has 2 aromatic carbocycles. The Morgan fingerprint density at radius 1 is 1.03 bits per heavy atom. The van der Waals surface area contributed by atoms with Crippen LogP contribution in [0.5, 0.6) is 0 Å². The van der Waals surface area contributed by atoms with Gasteiger partial charge in [0, 0.05) is 12.2 Å². The highest BCUT2D eigenvalue weighted by molar-refractivity contribution is 7.99. The van der Waals surface area contributed by atoms with Crippen molar-refractivity contribution in [2.75, 3.05) is 11.1 Å². The van der Waals surface area contributed by atoms with E-state index in [0.717, 1.165) is 11.8 Å². The molecule has 1 heterocycles. The standard InChI is InChI=1S/C20H21N5O5S3/c1-2-12-25-18(14-32(27,28)16-6-4-3-5-7-16)23-24-20(25)31-13-19(26)22-15-8-10-17(11-9-15)33(21,29)30/h2-11H,1,12-14H2,(H,22,26)(H2,21,29,30). The van der Waals surface area contributed by atoms with Gasteiger partial charge in [-0.05, 0) is 36.4 Å². The van der Waals surface area contributed by atoms with Crippen molar-refractivity contribution in [3.8, 4) is 0 Å². The van der Waals surface area contributed by atoms with Gasteiger partial charge in [-0.25, -0.2) is 22.0 Å². The third-order valence-electron chi connectivity index (χ3n) is 4.33. The van der Waals surface area contributed by atoms with Gasteiger partial charge in [0.2, 0.25) is 15.9 Å². The molecule has 0 radical (unpaired) electrons. The molecule has 0 aliphatic carbocycles. The molecule has 0 aliphatic rings. The number of anilines is 1. The van der Waals surface area contributed by atoms with Crippen LogP contribution in [0.2, 0.25) is 0 Å². The zero-order valence-corrected chi connectivity index (χ0v) is 19.7. The van der Waals surface area contributed by atoms with Crippen LogP contribution in [0.15, 0.2) is 82.2 Å². The predicted octanol–water partition coefficient (Wildman–Crippen LogP) is 1.82. The average molecular weight is 508 g/mol. The number of hydrogen-bond acceptors (Lipinski definition) is 8. The largest absolute Gasteiger partial charge is 0.325 e. The maximum absolute atomic E-state index is 12.7. The molecule has 0 fully saturated rings. The first-order chi connectivity index (χ1) is 15.6. The van der Waals surface area contributed by atoms with Crippen LogP contribution in [-0.2, 0) is 37.0 Å². The topological polar surface area (TPSA) is 154 Å². The van der Waals surface area contributed by atoms with Crippen LogP contribution in [0, 0.1) is 0 Å². The molecular weight excluding hydrogens is 486 g/mol. The average Bonchev–Trinajstić information content (AvgIpc) is 3.13. The molecule has 10 nitrogen and oxygen atoms in total. The van der Waals surface area contributed by atoms with Crippen molar-refractivity contribution in [1.29, 1.82) is 0 Å². The van der Waals surface area contributed by atoms with Crippen LogP contribution in [0.1, 0.15) is 5.82 Å². The molecule has 3 N–H and O–H groups in total. The number of hydrogen-bond donors (Lipinski definition) is 2. The van der Waals surface area contributed by atoms with Gasteiger partial charge in [0.15, 0.2) is 15.0 Å². The Morgan fingerprint density at radius 3 is 2.30 bits per heavy atom. The van der Waals surface area contributed by atoms with E-state index in [9.17, 15) is 21.6 Å². The minimum Gasteiger partial charge on any atom is -0.325 e. The molecule has 0 bridgehead atoms. The van der Waals surface area contributed by atoms with Gasteiger partial charge in [0.05, 0.1) is 15.5 Å². The number of nitrogens with one attached hydrogen (secondary N) is 1. The van der Waals surface area contributed by atoms with E-state index in [1.807, 2.05) is 0 Å². The molecule has 0 atom stereocenters. The van der Waals surface area contributed by atoms with Crippen molar-refractivity contribution in [3.05, 3.63) is 73.1 Å². The predicted molar refractivity (Wildman–Crippen MR) is 125 cm³/mol. The summed E-state index contributed by atoms with van der Waals surface area (Å²) in [6.45, 7) is 3.95. The van der Waals surface area contributed by atoms with Gasteiger partial charge in [0.1, 0.15) is 11.6 Å². The zero-order chi connectivity index (χ0) is 24.1. The van der Waals surface area contributed by atoms with Crippen molar-refractivity contribution < 1.29 is 21.6 Å². The van der Waals surface area contributed by atoms with Gasteiger partial charge in [0.25, 0.3) is 0 Å². The number of carbonyl (C=O) groups excluding carboxylic acids is 1. The summed E-state index contributed by atoms with van der Waals surface area (Å²) in [5.41, 5.74) is 0.398. The van der Waals surface area contributed by atoms with Gasteiger partial charge < -0.3 is 9.88 Å². The van der Waals surface area contributed by atoms with E-state index in [2.05, 4.69) is 22.1 Å². The first-order valence-corrected chi connectivity index (χ1v) is 13.6. The van der Waals surface area contributed by atoms with Gasteiger partial charge in [-0.15, -0.1) is 16.8 Å². The quantitative estimate of drug-likeness (QED) is 0.311. The lowest BCUT2D eigenvalue weighted by atomic mass is 10.3. The number of nitrogens with zero attached hydrogens (tertiary/aromatic N) is 3. The summed E-state index contributed by atoms with van der Waals surface area (Å²) < 4.78 is 49.6. The number of nitrogens with two attached hydrogens (primary N) is 1. The van der Waals surface area contributed by atoms with E-state index in [0.29, 0.717) is 10.8 Å². The molecule has 0 unspecified atom stereocenters. The van der Waals surface area contributed by atoms with Crippen molar-refractivity contribution in [1.82, 2.24) is 14.8 Å². The molecule has 0 aliphatic heterocycles. The van der Waals surface area contributed by atoms with Crippen LogP contribution in [-0.4, -0.2) is 43.3 Å². The molecule has 33 heavy (non-hydrogen) atoms. The first kappa shape index (κ1) is 24.6. The zero-order valence-electron chi connectivity index (χ0n) is 17.3. The SMILES string of the molecule is C=CCn1c(CS(=O)(=O)c2ccccc2)nnc1SCC(=O)Nc1ccc(S(N)(=O)=O)cc1. The highest BCUT2D eigenvalue weighted by Crippen LogP contribution is 2.21. The molecule has 13 heteroatoms. The van der Waals surface area contributed by atoms with Crippen molar-refractivity contribution in [2.24, 2.45) is 5.14 Å². The van der Waals surface area contributed by atoms with Crippen LogP contribution in [0.3, 0.4) is 0 Å². The second-order valence-electron chi connectivity index (χ2n) is 6.78. The van der Waals surface area contributed by atoms with E-state index in [-0.39, 0.29) is 39.6 Å². The molecule has 1 aromatic heterocycles. The Labute approximate surface area is 195 Å². The molecule has 0 saturated heterocycles. The number of benzene rings is 2. The summed E-state index contributed by atoms with van der Waals surface area (Å²) in [6.07, 6.45) is 1.58. The number of carbonyl (C=O) groups is 1. The normalized spacial score (nSPS) is 11.8. The molecule has 174 valence electrons. The highest BCUT2D eigenvalue weighted by Gasteiger charge is 2.21. The van der Waals surface area contributed by atoms with Crippen LogP contribution in [0.25, 0.3) is 0 Å². The Bertz CT molecular complexity index is 1350. The third-order valence-corrected chi connectivity index (χ3v) is 7.85. The number of allylic oxidation sites excluding steroid dienone is 1. The van der Waals surface area contributed by atoms with Crippen molar-refractivity contribution in [3.63, 3.8) is 0 Å². The lowest BCUT2D eigenvalue weighted by molar-refractivity contribution is -0.113. The number of aromatic nitrogens is 3. The van der Waals surface area contributed by atoms with E-state index in [1.165, 1.54) is 36.4 Å². The molecular formula is C20H21N5O5S3. The van der Waals surface area contributed by atoms with Gasteiger partial charge in [-0.2, -0.15) is 0 Å². The van der Waals surface area contributed by atoms with Gasteiger partial charge in [-0.1, -0.05) is 36.0 Å². The van der Waals surface area contributed by atoms with E-state index < -0.39 is 19.9 Å². The summed E-state index contributed by atoms with van der Waals surface area (Å²) in [7, 11) is -7.44. The van der Waals surface area contributed by atoms with Crippen LogP contribution >= 0.6 is 11.8 Å². The lowest BCUT2D eigenvalue weighted by Crippen LogP contribution is -2.16. The summed E-state index contributed by atoms with van der Waals surface area (Å²) in [5.74, 6) is -0.506. The molecule has 1 amide bonds. The Hall–Kier alpha value is -3.00. The van der Waals surface area contributed by atoms with E-state index in [1.54, 1.807) is 28.8 Å². The number of primary sulfonamides is 1. The third kappa shape index (κ3) is 6.51. The van der Waals surface area contributed by atoms with Gasteiger partial charge >= 0.3 is 0 Å². The Morgan fingerprint density at radius 2 is 1.70 bits per heavy atom. The number of sulfonamides is 1. The van der Waals surface area contributed by atoms with E-state index >= 15 is 0 Å². The number of thioether (sulfide) groups is 1. The fourth-order valence-electron chi connectivity index (χ4n) is 2.78. The van der Waals surface area contributed by atoms with E-state index in [4.69, 9.17) is 5.14 Å². The Balaban J connectivity index is 1.68. The minimum atomic E-state index is -3.82. The fraction of sp³-hybridized carbons (Fsp3) is 0.150. The number of rotatable bonds is 10. The molecule has 0 saturated carbocycles. The fourth-order valence-corrected chi connectivity index (χ4v) is 5.36. The monoisotopic (exact) mass is 507 g/mol. The second kappa shape index (κ2) is 10.3. The van der Waals surface area contributed by atoms with Crippen LogP contribution in [0.4, 0.5) is 5.69 Å². The minimum absolute atomic E-state index is 0.0301.